The molecule has 0 aromatic rings. The maximum Gasteiger partial charge on any atom is 0.232 e. The molecule has 0 N–H and O–H groups in total. The molecule has 0 aliphatic heterocycles. The Kier molecular flexibility index (Phi) is 6.49. The summed E-state index contributed by atoms with van der Waals surface area (Å²) >= 11 is 0. The lowest BCUT2D eigenvalue weighted by molar-refractivity contribution is -0.132. The van der Waals surface area contributed by atoms with Gasteiger partial charge in [-0.1, -0.05) is 26.7 Å². The molecular weight excluding hydrogens is 256 g/mol. The Morgan fingerprint density at radius 2 is 1.10 bits per heavy atom. The highest BCUT2D eigenvalue weighted by Gasteiger charge is 2.32. The Morgan fingerprint density at radius 3 is 1.40 bits per heavy atom. The van der Waals surface area contributed by atoms with E-state index in [0.717, 1.165) is 25.7 Å². The van der Waals surface area contributed by atoms with Crippen molar-refractivity contribution in [2.24, 2.45) is 0 Å². The van der Waals surface area contributed by atoms with Gasteiger partial charge in [0.25, 0.3) is 0 Å². The van der Waals surface area contributed by atoms with E-state index in [0.29, 0.717) is 35.9 Å². The lowest BCUT2D eigenvalue weighted by Crippen LogP contribution is -2.26. The van der Waals surface area contributed by atoms with Crippen LogP contribution >= 0.6 is 0 Å². The summed E-state index contributed by atoms with van der Waals surface area (Å²) in [5, 5.41) is 0. The molecule has 1 aliphatic carbocycles. The number of Topliss-reactive ketones (excluding diaryl/α,β-unsaturated/α-hetero) is 2. The van der Waals surface area contributed by atoms with Crippen LogP contribution in [0.25, 0.3) is 0 Å². The van der Waals surface area contributed by atoms with Crippen LogP contribution in [0, 0.1) is 0 Å². The van der Waals surface area contributed by atoms with E-state index in [1.165, 1.54) is 0 Å². The van der Waals surface area contributed by atoms with Crippen LogP contribution in [0.4, 0.5) is 0 Å². The van der Waals surface area contributed by atoms with Crippen molar-refractivity contribution in [1.29, 1.82) is 0 Å². The summed E-state index contributed by atoms with van der Waals surface area (Å²) in [6, 6.07) is 0. The standard InChI is InChI=1S/C16H24O4/c1-5-7-9-19-15-11(3)13(17)14(18)12(4)16(15)20-10-8-6-2/h5-10H2,1-4H3. The van der Waals surface area contributed by atoms with E-state index in [9.17, 15) is 9.59 Å². The zero-order valence-corrected chi connectivity index (χ0v) is 12.9. The van der Waals surface area contributed by atoms with Gasteiger partial charge < -0.3 is 9.47 Å². The molecule has 1 rings (SSSR count). The van der Waals surface area contributed by atoms with Crippen LogP contribution in [0.15, 0.2) is 22.7 Å². The second kappa shape index (κ2) is 7.88. The van der Waals surface area contributed by atoms with Crippen molar-refractivity contribution in [2.75, 3.05) is 13.2 Å². The van der Waals surface area contributed by atoms with Crippen molar-refractivity contribution in [2.45, 2.75) is 53.4 Å². The Morgan fingerprint density at radius 1 is 0.750 bits per heavy atom. The monoisotopic (exact) mass is 280 g/mol. The molecule has 0 bridgehead atoms. The topological polar surface area (TPSA) is 52.6 Å². The molecule has 0 unspecified atom stereocenters. The highest BCUT2D eigenvalue weighted by molar-refractivity contribution is 6.50. The fourth-order valence-electron chi connectivity index (χ4n) is 1.87. The van der Waals surface area contributed by atoms with Crippen molar-refractivity contribution in [3.05, 3.63) is 22.7 Å². The average Bonchev–Trinajstić information content (AvgIpc) is 2.45. The normalized spacial score (nSPS) is 16.0. The second-order valence-electron chi connectivity index (χ2n) is 4.97. The number of ether oxygens (including phenoxy) is 2. The number of allylic oxidation sites excluding steroid dienone is 2. The van der Waals surface area contributed by atoms with Crippen LogP contribution in [-0.2, 0) is 19.1 Å². The first kappa shape index (κ1) is 16.5. The molecule has 4 nitrogen and oxygen atoms in total. The molecule has 0 radical (unpaired) electrons. The number of hydrogen-bond acceptors (Lipinski definition) is 4. The van der Waals surface area contributed by atoms with Gasteiger partial charge in [0, 0.05) is 11.1 Å². The van der Waals surface area contributed by atoms with Gasteiger partial charge in [-0.3, -0.25) is 9.59 Å². The molecule has 0 atom stereocenters. The van der Waals surface area contributed by atoms with Crippen molar-refractivity contribution in [3.63, 3.8) is 0 Å². The van der Waals surface area contributed by atoms with E-state index in [1.807, 2.05) is 0 Å². The lowest BCUT2D eigenvalue weighted by atomic mass is 9.94. The van der Waals surface area contributed by atoms with E-state index < -0.39 is 11.6 Å². The third kappa shape index (κ3) is 3.71. The van der Waals surface area contributed by atoms with Gasteiger partial charge in [0.05, 0.1) is 13.2 Å². The quantitative estimate of drug-likeness (QED) is 0.389. The van der Waals surface area contributed by atoms with E-state index in [2.05, 4.69) is 13.8 Å². The summed E-state index contributed by atoms with van der Waals surface area (Å²) < 4.78 is 11.4. The first-order valence-electron chi connectivity index (χ1n) is 7.31. The molecule has 4 heteroatoms. The molecule has 20 heavy (non-hydrogen) atoms. The molecule has 0 aromatic carbocycles. The first-order valence-corrected chi connectivity index (χ1v) is 7.31. The van der Waals surface area contributed by atoms with Gasteiger partial charge in [0.1, 0.15) is 0 Å². The Bertz CT molecular complexity index is 401. The van der Waals surface area contributed by atoms with E-state index >= 15 is 0 Å². The van der Waals surface area contributed by atoms with Gasteiger partial charge in [-0.25, -0.2) is 0 Å². The molecule has 0 aromatic heterocycles. The summed E-state index contributed by atoms with van der Waals surface area (Å²) in [6.45, 7) is 8.44. The number of carbonyl (C=O) groups is 2. The summed E-state index contributed by atoms with van der Waals surface area (Å²) in [6.07, 6.45) is 3.82. The molecule has 0 saturated heterocycles. The third-order valence-electron chi connectivity index (χ3n) is 3.26. The summed E-state index contributed by atoms with van der Waals surface area (Å²) in [5.74, 6) is -0.0954. The lowest BCUT2D eigenvalue weighted by Gasteiger charge is -2.22. The van der Waals surface area contributed by atoms with Crippen molar-refractivity contribution < 1.29 is 19.1 Å². The molecular formula is C16H24O4. The Balaban J connectivity index is 2.97. The minimum atomic E-state index is -0.489. The smallest absolute Gasteiger partial charge is 0.232 e. The SMILES string of the molecule is CCCCOC1=C(C)C(=O)C(=O)C(C)=C1OCCCC. The summed E-state index contributed by atoms with van der Waals surface area (Å²) in [7, 11) is 0. The van der Waals surface area contributed by atoms with Gasteiger partial charge in [0.15, 0.2) is 11.5 Å². The maximum atomic E-state index is 11.9. The van der Waals surface area contributed by atoms with Crippen LogP contribution in [0.1, 0.15) is 53.4 Å². The molecule has 0 spiro atoms. The largest absolute Gasteiger partial charge is 0.489 e. The number of carbonyl (C=O) groups excluding carboxylic acids is 2. The zero-order chi connectivity index (χ0) is 15.1. The van der Waals surface area contributed by atoms with Crippen molar-refractivity contribution in [1.82, 2.24) is 0 Å². The van der Waals surface area contributed by atoms with Crippen LogP contribution in [0.3, 0.4) is 0 Å². The number of ketones is 2. The molecule has 0 fully saturated rings. The van der Waals surface area contributed by atoms with Crippen LogP contribution in [0.5, 0.6) is 0 Å². The molecule has 0 saturated carbocycles. The Labute approximate surface area is 120 Å². The van der Waals surface area contributed by atoms with Crippen LogP contribution < -0.4 is 0 Å². The van der Waals surface area contributed by atoms with E-state index in [1.54, 1.807) is 13.8 Å². The number of hydrogen-bond donors (Lipinski definition) is 0. The fourth-order valence-corrected chi connectivity index (χ4v) is 1.87. The highest BCUT2D eigenvalue weighted by Crippen LogP contribution is 2.28. The second-order valence-corrected chi connectivity index (χ2v) is 4.97. The predicted molar refractivity (Wildman–Crippen MR) is 77.1 cm³/mol. The highest BCUT2D eigenvalue weighted by atomic mass is 16.5. The van der Waals surface area contributed by atoms with Gasteiger partial charge in [-0.05, 0) is 26.7 Å². The predicted octanol–water partition coefficient (Wildman–Crippen LogP) is 3.32. The van der Waals surface area contributed by atoms with Gasteiger partial charge in [-0.2, -0.15) is 0 Å². The zero-order valence-electron chi connectivity index (χ0n) is 12.9. The van der Waals surface area contributed by atoms with Gasteiger partial charge in [0.2, 0.25) is 11.6 Å². The fraction of sp³-hybridized carbons (Fsp3) is 0.625. The third-order valence-corrected chi connectivity index (χ3v) is 3.26. The Hall–Kier alpha value is -1.58. The number of unbranched alkanes of at least 4 members (excludes halogenated alkanes) is 2. The summed E-state index contributed by atoms with van der Waals surface area (Å²) in [5.41, 5.74) is 0.700. The van der Waals surface area contributed by atoms with Crippen molar-refractivity contribution in [3.8, 4) is 0 Å². The average molecular weight is 280 g/mol. The minimum Gasteiger partial charge on any atom is -0.489 e. The molecule has 112 valence electrons. The first-order chi connectivity index (χ1) is 9.54. The van der Waals surface area contributed by atoms with Crippen molar-refractivity contribution >= 4 is 11.6 Å². The van der Waals surface area contributed by atoms with E-state index in [4.69, 9.17) is 9.47 Å². The molecule has 1 aliphatic rings. The van der Waals surface area contributed by atoms with Gasteiger partial charge in [-0.15, -0.1) is 0 Å². The summed E-state index contributed by atoms with van der Waals surface area (Å²) in [4.78, 5) is 23.8. The van der Waals surface area contributed by atoms with E-state index in [-0.39, 0.29) is 0 Å². The van der Waals surface area contributed by atoms with Crippen LogP contribution in [0.2, 0.25) is 0 Å². The van der Waals surface area contributed by atoms with Crippen LogP contribution in [-0.4, -0.2) is 24.8 Å². The number of rotatable bonds is 8. The molecule has 0 amide bonds. The molecule has 0 heterocycles. The minimum absolute atomic E-state index is 0.350. The maximum absolute atomic E-state index is 11.9. The van der Waals surface area contributed by atoms with Gasteiger partial charge >= 0.3 is 0 Å².